The molecule has 1 unspecified atom stereocenters. The van der Waals surface area contributed by atoms with Crippen molar-refractivity contribution in [1.82, 2.24) is 4.31 Å². The van der Waals surface area contributed by atoms with E-state index in [2.05, 4.69) is 13.8 Å². The molecular weight excluding hydrogens is 282 g/mol. The molecule has 1 aromatic carbocycles. The highest BCUT2D eigenvalue weighted by molar-refractivity contribution is 7.89. The first-order valence-electron chi connectivity index (χ1n) is 6.61. The van der Waals surface area contributed by atoms with Crippen LogP contribution < -0.4 is 0 Å². The maximum absolute atomic E-state index is 12.7. The number of nitrogens with zero attached hydrogens (tertiary/aromatic N) is 1. The Kier molecular flexibility index (Phi) is 6.30. The summed E-state index contributed by atoms with van der Waals surface area (Å²) < 4.78 is 26.9. The van der Waals surface area contributed by atoms with Gasteiger partial charge in [-0.1, -0.05) is 45.4 Å². The summed E-state index contributed by atoms with van der Waals surface area (Å²) in [5.41, 5.74) is 0.659. The van der Waals surface area contributed by atoms with E-state index in [0.29, 0.717) is 29.5 Å². The van der Waals surface area contributed by atoms with Gasteiger partial charge in [-0.15, -0.1) is 11.6 Å². The van der Waals surface area contributed by atoms with E-state index in [1.165, 1.54) is 4.31 Å². The van der Waals surface area contributed by atoms with Crippen LogP contribution in [0.15, 0.2) is 29.2 Å². The van der Waals surface area contributed by atoms with Crippen LogP contribution in [0.3, 0.4) is 0 Å². The van der Waals surface area contributed by atoms with Gasteiger partial charge in [-0.3, -0.25) is 0 Å². The molecule has 19 heavy (non-hydrogen) atoms. The maximum atomic E-state index is 12.7. The summed E-state index contributed by atoms with van der Waals surface area (Å²) in [7, 11) is -3.45. The molecule has 0 fully saturated rings. The lowest BCUT2D eigenvalue weighted by molar-refractivity contribution is 0.361. The van der Waals surface area contributed by atoms with Crippen molar-refractivity contribution in [3.8, 4) is 0 Å². The van der Waals surface area contributed by atoms with Gasteiger partial charge in [0.2, 0.25) is 10.0 Å². The van der Waals surface area contributed by atoms with Crippen LogP contribution in [0.5, 0.6) is 0 Å². The number of hydrogen-bond donors (Lipinski definition) is 0. The number of alkyl halides is 1. The molecule has 0 aliphatic rings. The van der Waals surface area contributed by atoms with Gasteiger partial charge >= 0.3 is 0 Å². The van der Waals surface area contributed by atoms with Crippen LogP contribution in [0, 0.1) is 5.92 Å². The fourth-order valence-electron chi connectivity index (χ4n) is 1.88. The highest BCUT2D eigenvalue weighted by Crippen LogP contribution is 2.22. The Hall–Kier alpha value is -0.580. The van der Waals surface area contributed by atoms with E-state index in [1.54, 1.807) is 18.2 Å². The van der Waals surface area contributed by atoms with Gasteiger partial charge in [0.1, 0.15) is 0 Å². The molecule has 0 aliphatic carbocycles. The van der Waals surface area contributed by atoms with Gasteiger partial charge in [0.05, 0.1) is 4.90 Å². The van der Waals surface area contributed by atoms with E-state index < -0.39 is 10.0 Å². The fourth-order valence-corrected chi connectivity index (χ4v) is 3.98. The van der Waals surface area contributed by atoms with Gasteiger partial charge < -0.3 is 0 Å². The van der Waals surface area contributed by atoms with Crippen LogP contribution in [0.4, 0.5) is 0 Å². The van der Waals surface area contributed by atoms with Crippen LogP contribution in [-0.2, 0) is 15.9 Å². The molecule has 0 heterocycles. The Morgan fingerprint density at radius 2 is 1.89 bits per heavy atom. The minimum absolute atomic E-state index is 0.205. The highest BCUT2D eigenvalue weighted by atomic mass is 35.5. The van der Waals surface area contributed by atoms with Crippen LogP contribution in [-0.4, -0.2) is 25.8 Å². The first kappa shape index (κ1) is 16.5. The van der Waals surface area contributed by atoms with Gasteiger partial charge in [0, 0.05) is 19.0 Å². The standard InChI is InChI=1S/C14H22ClNO2S/c1-4-12(3)11-16(5-2)19(17,18)14-9-7-6-8-13(14)10-15/h6-9,12H,4-5,10-11H2,1-3H3. The molecule has 0 N–H and O–H groups in total. The van der Waals surface area contributed by atoms with Crippen LogP contribution >= 0.6 is 11.6 Å². The van der Waals surface area contributed by atoms with Crippen molar-refractivity contribution in [2.24, 2.45) is 5.92 Å². The second-order valence-corrected chi connectivity index (χ2v) is 6.88. The molecule has 5 heteroatoms. The van der Waals surface area contributed by atoms with Crippen molar-refractivity contribution in [2.45, 2.75) is 38.0 Å². The molecule has 0 saturated carbocycles. The van der Waals surface area contributed by atoms with E-state index in [4.69, 9.17) is 11.6 Å². The highest BCUT2D eigenvalue weighted by Gasteiger charge is 2.26. The van der Waals surface area contributed by atoms with Crippen molar-refractivity contribution in [2.75, 3.05) is 13.1 Å². The average Bonchev–Trinajstić information content (AvgIpc) is 2.43. The summed E-state index contributed by atoms with van der Waals surface area (Å²) in [5, 5.41) is 0. The van der Waals surface area contributed by atoms with Crippen LogP contribution in [0.2, 0.25) is 0 Å². The topological polar surface area (TPSA) is 37.4 Å². The summed E-state index contributed by atoms with van der Waals surface area (Å²) in [5.74, 6) is 0.550. The summed E-state index contributed by atoms with van der Waals surface area (Å²) >= 11 is 5.84. The summed E-state index contributed by atoms with van der Waals surface area (Å²) in [4.78, 5) is 0.329. The first-order chi connectivity index (χ1) is 8.97. The minimum atomic E-state index is -3.45. The third-order valence-electron chi connectivity index (χ3n) is 3.30. The molecule has 0 amide bonds. The second kappa shape index (κ2) is 7.27. The SMILES string of the molecule is CCC(C)CN(CC)S(=O)(=O)c1ccccc1CCl. The molecule has 0 radical (unpaired) electrons. The van der Waals surface area contributed by atoms with Crippen molar-refractivity contribution < 1.29 is 8.42 Å². The molecule has 108 valence electrons. The van der Waals surface area contributed by atoms with Gasteiger partial charge in [0.25, 0.3) is 0 Å². The number of halogens is 1. The largest absolute Gasteiger partial charge is 0.243 e. The van der Waals surface area contributed by atoms with E-state index in [-0.39, 0.29) is 5.88 Å². The average molecular weight is 304 g/mol. The number of hydrogen-bond acceptors (Lipinski definition) is 2. The lowest BCUT2D eigenvalue weighted by Gasteiger charge is -2.24. The van der Waals surface area contributed by atoms with Gasteiger partial charge in [-0.05, 0) is 17.5 Å². The predicted octanol–water partition coefficient (Wildman–Crippen LogP) is 3.48. The lowest BCUT2D eigenvalue weighted by atomic mass is 10.1. The second-order valence-electron chi connectivity index (χ2n) is 4.71. The first-order valence-corrected chi connectivity index (χ1v) is 8.58. The van der Waals surface area contributed by atoms with E-state index in [0.717, 1.165) is 6.42 Å². The lowest BCUT2D eigenvalue weighted by Crippen LogP contribution is -2.35. The Morgan fingerprint density at radius 3 is 2.42 bits per heavy atom. The predicted molar refractivity (Wildman–Crippen MR) is 79.9 cm³/mol. The molecule has 0 spiro atoms. The monoisotopic (exact) mass is 303 g/mol. The van der Waals surface area contributed by atoms with E-state index in [9.17, 15) is 8.42 Å². The summed E-state index contributed by atoms with van der Waals surface area (Å²) in [6, 6.07) is 6.94. The van der Waals surface area contributed by atoms with Crippen molar-refractivity contribution in [3.05, 3.63) is 29.8 Å². The van der Waals surface area contributed by atoms with E-state index in [1.807, 2.05) is 13.0 Å². The number of benzene rings is 1. The summed E-state index contributed by atoms with van der Waals surface area (Å²) in [6.07, 6.45) is 0.961. The van der Waals surface area contributed by atoms with Crippen molar-refractivity contribution in [3.63, 3.8) is 0 Å². The molecule has 1 aromatic rings. The molecule has 1 rings (SSSR count). The van der Waals surface area contributed by atoms with Crippen LogP contribution in [0.25, 0.3) is 0 Å². The van der Waals surface area contributed by atoms with Gasteiger partial charge in [-0.2, -0.15) is 4.31 Å². The third kappa shape index (κ3) is 3.94. The Morgan fingerprint density at radius 1 is 1.26 bits per heavy atom. The molecule has 0 bridgehead atoms. The van der Waals surface area contributed by atoms with Crippen molar-refractivity contribution >= 4 is 21.6 Å². The minimum Gasteiger partial charge on any atom is -0.207 e. The third-order valence-corrected chi connectivity index (χ3v) is 5.63. The Balaban J connectivity index is 3.13. The van der Waals surface area contributed by atoms with Crippen molar-refractivity contribution in [1.29, 1.82) is 0 Å². The Labute approximate surface area is 121 Å². The number of sulfonamides is 1. The number of rotatable bonds is 7. The molecule has 3 nitrogen and oxygen atoms in total. The normalized spacial score (nSPS) is 13.7. The zero-order valence-corrected chi connectivity index (χ0v) is 13.3. The molecular formula is C14H22ClNO2S. The van der Waals surface area contributed by atoms with Gasteiger partial charge in [-0.25, -0.2) is 8.42 Å². The zero-order chi connectivity index (χ0) is 14.5. The smallest absolute Gasteiger partial charge is 0.207 e. The fraction of sp³-hybridized carbons (Fsp3) is 0.571. The van der Waals surface area contributed by atoms with Gasteiger partial charge in [0.15, 0.2) is 0 Å². The Bertz CT molecular complexity index is 502. The molecule has 0 aromatic heterocycles. The molecule has 1 atom stereocenters. The molecule has 0 aliphatic heterocycles. The zero-order valence-electron chi connectivity index (χ0n) is 11.8. The van der Waals surface area contributed by atoms with E-state index >= 15 is 0 Å². The quantitative estimate of drug-likeness (QED) is 0.723. The summed E-state index contributed by atoms with van der Waals surface area (Å²) in [6.45, 7) is 7.02. The molecule has 0 saturated heterocycles. The van der Waals surface area contributed by atoms with Crippen LogP contribution in [0.1, 0.15) is 32.8 Å². The maximum Gasteiger partial charge on any atom is 0.243 e.